The first-order valence-electron chi connectivity index (χ1n) is 7.28. The summed E-state index contributed by atoms with van der Waals surface area (Å²) in [4.78, 5) is 2.77. The predicted molar refractivity (Wildman–Crippen MR) is 69.7 cm³/mol. The van der Waals surface area contributed by atoms with Gasteiger partial charge in [0.05, 0.1) is 0 Å². The summed E-state index contributed by atoms with van der Waals surface area (Å²) >= 11 is 0. The van der Waals surface area contributed by atoms with Crippen molar-refractivity contribution < 1.29 is 0 Å². The molecule has 2 fully saturated rings. The molecule has 3 unspecified atom stereocenters. The number of nitrogens with one attached hydrogen (secondary N) is 1. The Kier molecular flexibility index (Phi) is 4.66. The minimum Gasteiger partial charge on any atom is -0.312 e. The molecule has 1 heterocycles. The van der Waals surface area contributed by atoms with Crippen molar-refractivity contribution in [3.63, 3.8) is 0 Å². The molecule has 1 N–H and O–H groups in total. The molecule has 2 rings (SSSR count). The lowest BCUT2D eigenvalue weighted by molar-refractivity contribution is 0.115. The van der Waals surface area contributed by atoms with E-state index in [1.807, 2.05) is 0 Å². The predicted octanol–water partition coefficient (Wildman–Crippen LogP) is 2.64. The highest BCUT2D eigenvalue weighted by Crippen LogP contribution is 2.28. The highest BCUT2D eigenvalue weighted by molar-refractivity contribution is 4.91. The summed E-state index contributed by atoms with van der Waals surface area (Å²) in [6, 6.07) is 1.62. The smallest absolute Gasteiger partial charge is 0.0249 e. The Bertz CT molecular complexity index is 205. The summed E-state index contributed by atoms with van der Waals surface area (Å²) in [5, 5.41) is 3.75. The summed E-state index contributed by atoms with van der Waals surface area (Å²) in [5.41, 5.74) is 0. The number of hydrogen-bond acceptors (Lipinski definition) is 2. The third kappa shape index (κ3) is 2.98. The zero-order valence-electron chi connectivity index (χ0n) is 11.0. The van der Waals surface area contributed by atoms with E-state index >= 15 is 0 Å². The molecule has 94 valence electrons. The number of piperidine rings is 1. The normalized spacial score (nSPS) is 36.8. The van der Waals surface area contributed by atoms with Crippen LogP contribution >= 0.6 is 0 Å². The summed E-state index contributed by atoms with van der Waals surface area (Å²) < 4.78 is 0. The maximum atomic E-state index is 3.75. The maximum Gasteiger partial charge on any atom is 0.0249 e. The van der Waals surface area contributed by atoms with Crippen molar-refractivity contribution in [2.24, 2.45) is 5.92 Å². The zero-order valence-corrected chi connectivity index (χ0v) is 11.0. The molecule has 0 spiro atoms. The van der Waals surface area contributed by atoms with Crippen LogP contribution in [0, 0.1) is 5.92 Å². The quantitative estimate of drug-likeness (QED) is 0.790. The molecule has 1 saturated carbocycles. The van der Waals surface area contributed by atoms with Crippen LogP contribution in [-0.2, 0) is 0 Å². The van der Waals surface area contributed by atoms with Crippen LogP contribution in [0.1, 0.15) is 52.4 Å². The van der Waals surface area contributed by atoms with Gasteiger partial charge in [-0.2, -0.15) is 0 Å². The Morgan fingerprint density at radius 3 is 2.81 bits per heavy atom. The van der Waals surface area contributed by atoms with Gasteiger partial charge in [0.1, 0.15) is 0 Å². The topological polar surface area (TPSA) is 15.3 Å². The van der Waals surface area contributed by atoms with Gasteiger partial charge in [0.25, 0.3) is 0 Å². The molecule has 0 aromatic rings. The van der Waals surface area contributed by atoms with Crippen LogP contribution in [0.2, 0.25) is 0 Å². The van der Waals surface area contributed by atoms with Crippen LogP contribution in [0.15, 0.2) is 0 Å². The lowest BCUT2D eigenvalue weighted by atomic mass is 9.97. The van der Waals surface area contributed by atoms with Gasteiger partial charge in [0.2, 0.25) is 0 Å². The second-order valence-electron chi connectivity index (χ2n) is 5.80. The fourth-order valence-electron chi connectivity index (χ4n) is 3.47. The van der Waals surface area contributed by atoms with Gasteiger partial charge < -0.3 is 5.32 Å². The summed E-state index contributed by atoms with van der Waals surface area (Å²) in [7, 11) is 0. The zero-order chi connectivity index (χ0) is 11.4. The van der Waals surface area contributed by atoms with E-state index < -0.39 is 0 Å². The Hall–Kier alpha value is -0.0800. The monoisotopic (exact) mass is 224 g/mol. The van der Waals surface area contributed by atoms with Crippen LogP contribution in [0.5, 0.6) is 0 Å². The lowest BCUT2D eigenvalue weighted by Crippen LogP contribution is -2.50. The number of hydrogen-bond donors (Lipinski definition) is 1. The molecular weight excluding hydrogens is 196 g/mol. The third-order valence-electron chi connectivity index (χ3n) is 4.29. The Morgan fingerprint density at radius 2 is 2.06 bits per heavy atom. The molecule has 0 radical (unpaired) electrons. The largest absolute Gasteiger partial charge is 0.312 e. The molecule has 2 nitrogen and oxygen atoms in total. The molecule has 1 saturated heterocycles. The van der Waals surface area contributed by atoms with E-state index in [0.29, 0.717) is 0 Å². The highest BCUT2D eigenvalue weighted by atomic mass is 15.2. The first-order valence-corrected chi connectivity index (χ1v) is 7.28. The molecule has 0 aromatic heterocycles. The van der Waals surface area contributed by atoms with Gasteiger partial charge in [0.15, 0.2) is 0 Å². The average Bonchev–Trinajstić information content (AvgIpc) is 2.74. The van der Waals surface area contributed by atoms with Crippen molar-refractivity contribution in [1.82, 2.24) is 10.2 Å². The molecule has 2 aliphatic rings. The van der Waals surface area contributed by atoms with E-state index in [0.717, 1.165) is 18.0 Å². The SMILES string of the molecule is CCCNC1CCCC1N1CCCC(C)C1. The Labute approximate surface area is 101 Å². The van der Waals surface area contributed by atoms with Gasteiger partial charge in [-0.3, -0.25) is 4.90 Å². The van der Waals surface area contributed by atoms with Crippen molar-refractivity contribution in [1.29, 1.82) is 0 Å². The van der Waals surface area contributed by atoms with Crippen LogP contribution in [0.4, 0.5) is 0 Å². The molecule has 16 heavy (non-hydrogen) atoms. The number of nitrogens with zero attached hydrogens (tertiary/aromatic N) is 1. The van der Waals surface area contributed by atoms with Gasteiger partial charge in [-0.25, -0.2) is 0 Å². The van der Waals surface area contributed by atoms with E-state index in [1.165, 1.54) is 58.2 Å². The first kappa shape index (κ1) is 12.4. The van der Waals surface area contributed by atoms with Crippen molar-refractivity contribution >= 4 is 0 Å². The fraction of sp³-hybridized carbons (Fsp3) is 1.00. The van der Waals surface area contributed by atoms with Gasteiger partial charge >= 0.3 is 0 Å². The van der Waals surface area contributed by atoms with Crippen molar-refractivity contribution in [2.45, 2.75) is 64.5 Å². The van der Waals surface area contributed by atoms with E-state index in [-0.39, 0.29) is 0 Å². The van der Waals surface area contributed by atoms with Crippen molar-refractivity contribution in [3.8, 4) is 0 Å². The average molecular weight is 224 g/mol. The first-order chi connectivity index (χ1) is 7.81. The standard InChI is InChI=1S/C14H28N2/c1-3-9-15-13-7-4-8-14(13)16-10-5-6-12(2)11-16/h12-15H,3-11H2,1-2H3. The second kappa shape index (κ2) is 6.02. The molecule has 1 aliphatic heterocycles. The Balaban J connectivity index is 1.86. The van der Waals surface area contributed by atoms with Gasteiger partial charge in [-0.05, 0) is 51.1 Å². The summed E-state index contributed by atoms with van der Waals surface area (Å²) in [6.45, 7) is 8.56. The number of rotatable bonds is 4. The van der Waals surface area contributed by atoms with Crippen LogP contribution in [-0.4, -0.2) is 36.6 Å². The molecular formula is C14H28N2. The molecule has 0 amide bonds. The van der Waals surface area contributed by atoms with Crippen LogP contribution < -0.4 is 5.32 Å². The van der Waals surface area contributed by atoms with Crippen molar-refractivity contribution in [3.05, 3.63) is 0 Å². The Morgan fingerprint density at radius 1 is 1.19 bits per heavy atom. The summed E-state index contributed by atoms with van der Waals surface area (Å²) in [6.07, 6.45) is 8.37. The lowest BCUT2D eigenvalue weighted by Gasteiger charge is -2.38. The van der Waals surface area contributed by atoms with E-state index in [4.69, 9.17) is 0 Å². The van der Waals surface area contributed by atoms with Crippen molar-refractivity contribution in [2.75, 3.05) is 19.6 Å². The van der Waals surface area contributed by atoms with E-state index in [2.05, 4.69) is 24.1 Å². The minimum absolute atomic E-state index is 0.783. The van der Waals surface area contributed by atoms with Crippen LogP contribution in [0.25, 0.3) is 0 Å². The molecule has 0 bridgehead atoms. The van der Waals surface area contributed by atoms with Crippen LogP contribution in [0.3, 0.4) is 0 Å². The molecule has 1 aliphatic carbocycles. The summed E-state index contributed by atoms with van der Waals surface area (Å²) in [5.74, 6) is 0.918. The van der Waals surface area contributed by atoms with Gasteiger partial charge in [-0.15, -0.1) is 0 Å². The van der Waals surface area contributed by atoms with E-state index in [1.54, 1.807) is 0 Å². The third-order valence-corrected chi connectivity index (χ3v) is 4.29. The van der Waals surface area contributed by atoms with Gasteiger partial charge in [-0.1, -0.05) is 20.3 Å². The maximum absolute atomic E-state index is 3.75. The van der Waals surface area contributed by atoms with E-state index in [9.17, 15) is 0 Å². The minimum atomic E-state index is 0.783. The molecule has 0 aromatic carbocycles. The number of likely N-dealkylation sites (tertiary alicyclic amines) is 1. The highest BCUT2D eigenvalue weighted by Gasteiger charge is 2.33. The second-order valence-corrected chi connectivity index (χ2v) is 5.80. The van der Waals surface area contributed by atoms with Gasteiger partial charge in [0, 0.05) is 18.6 Å². The molecule has 2 heteroatoms. The fourth-order valence-corrected chi connectivity index (χ4v) is 3.47. The molecule has 3 atom stereocenters.